The first-order valence-corrected chi connectivity index (χ1v) is 6.23. The zero-order valence-electron chi connectivity index (χ0n) is 11.1. The Kier molecular flexibility index (Phi) is 4.04. The van der Waals surface area contributed by atoms with Gasteiger partial charge in [-0.2, -0.15) is 0 Å². The van der Waals surface area contributed by atoms with Crippen LogP contribution in [0.25, 0.3) is 0 Å². The Balaban J connectivity index is 2.04. The predicted molar refractivity (Wildman–Crippen MR) is 69.2 cm³/mol. The molecule has 1 heterocycles. The zero-order valence-corrected chi connectivity index (χ0v) is 11.1. The molecule has 1 aliphatic heterocycles. The van der Waals surface area contributed by atoms with E-state index in [0.29, 0.717) is 17.9 Å². The number of benzene rings is 1. The van der Waals surface area contributed by atoms with E-state index in [-0.39, 0.29) is 17.9 Å². The lowest BCUT2D eigenvalue weighted by molar-refractivity contribution is -0.132. The van der Waals surface area contributed by atoms with Gasteiger partial charge in [0.2, 0.25) is 5.91 Å². The van der Waals surface area contributed by atoms with Gasteiger partial charge in [0.25, 0.3) is 0 Å². The molecule has 102 valence electrons. The van der Waals surface area contributed by atoms with E-state index >= 15 is 0 Å². The number of amides is 1. The molecule has 5 heteroatoms. The highest BCUT2D eigenvalue weighted by molar-refractivity contribution is 5.82. The molecule has 1 saturated heterocycles. The number of carbonyl (C=O) groups is 2. The highest BCUT2D eigenvalue weighted by atomic mass is 16.5. The first kappa shape index (κ1) is 13.4. The Morgan fingerprint density at radius 2 is 2.21 bits per heavy atom. The molecule has 0 bridgehead atoms. The molecule has 0 saturated carbocycles. The lowest BCUT2D eigenvalue weighted by Gasteiger charge is -2.27. The van der Waals surface area contributed by atoms with Crippen LogP contribution in [0.2, 0.25) is 0 Å². The molecule has 1 aromatic carbocycles. The monoisotopic (exact) mass is 263 g/mol. The van der Waals surface area contributed by atoms with Gasteiger partial charge in [0.05, 0.1) is 7.11 Å². The SMILES string of the molecule is COc1ccc(CCC2CC(=O)N2)c(OC(C)=O)c1. The van der Waals surface area contributed by atoms with Crippen molar-refractivity contribution < 1.29 is 19.1 Å². The first-order chi connectivity index (χ1) is 9.08. The van der Waals surface area contributed by atoms with E-state index < -0.39 is 0 Å². The Hall–Kier alpha value is -2.04. The van der Waals surface area contributed by atoms with E-state index in [1.807, 2.05) is 12.1 Å². The maximum atomic E-state index is 11.1. The number of aryl methyl sites for hydroxylation is 1. The number of β-lactam (4-membered cyclic amide) rings is 1. The summed E-state index contributed by atoms with van der Waals surface area (Å²) in [5.74, 6) is 0.917. The molecule has 0 radical (unpaired) electrons. The normalized spacial score (nSPS) is 17.4. The van der Waals surface area contributed by atoms with Crippen LogP contribution in [0.1, 0.15) is 25.3 Å². The molecule has 5 nitrogen and oxygen atoms in total. The van der Waals surface area contributed by atoms with Gasteiger partial charge in [-0.3, -0.25) is 9.59 Å². The summed E-state index contributed by atoms with van der Waals surface area (Å²) in [4.78, 5) is 21.9. The summed E-state index contributed by atoms with van der Waals surface area (Å²) < 4.78 is 10.3. The van der Waals surface area contributed by atoms with Crippen LogP contribution >= 0.6 is 0 Å². The van der Waals surface area contributed by atoms with Crippen LogP contribution in [-0.2, 0) is 16.0 Å². The standard InChI is InChI=1S/C14H17NO4/c1-9(16)19-13-8-12(18-2)6-4-10(13)3-5-11-7-14(17)15-11/h4,6,8,11H,3,5,7H2,1-2H3,(H,15,17). The van der Waals surface area contributed by atoms with Crippen LogP contribution < -0.4 is 14.8 Å². The number of rotatable bonds is 5. The van der Waals surface area contributed by atoms with Gasteiger partial charge in [-0.15, -0.1) is 0 Å². The minimum absolute atomic E-state index is 0.0972. The highest BCUT2D eigenvalue weighted by Gasteiger charge is 2.24. The lowest BCUT2D eigenvalue weighted by atomic mass is 9.97. The van der Waals surface area contributed by atoms with Crippen molar-refractivity contribution in [2.24, 2.45) is 0 Å². The fourth-order valence-electron chi connectivity index (χ4n) is 2.05. The minimum atomic E-state index is -0.355. The van der Waals surface area contributed by atoms with Gasteiger partial charge >= 0.3 is 5.97 Å². The van der Waals surface area contributed by atoms with Gasteiger partial charge in [0.1, 0.15) is 11.5 Å². The number of hydrogen-bond acceptors (Lipinski definition) is 4. The second-order valence-corrected chi connectivity index (χ2v) is 4.57. The summed E-state index contributed by atoms with van der Waals surface area (Å²) in [6.07, 6.45) is 2.17. The second-order valence-electron chi connectivity index (χ2n) is 4.57. The molecule has 1 amide bonds. The van der Waals surface area contributed by atoms with E-state index in [9.17, 15) is 9.59 Å². The molecule has 0 aliphatic carbocycles. The highest BCUT2D eigenvalue weighted by Crippen LogP contribution is 2.27. The third-order valence-electron chi connectivity index (χ3n) is 3.09. The van der Waals surface area contributed by atoms with Gasteiger partial charge < -0.3 is 14.8 Å². The Morgan fingerprint density at radius 1 is 1.47 bits per heavy atom. The van der Waals surface area contributed by atoms with Gasteiger partial charge in [-0.25, -0.2) is 0 Å². The van der Waals surface area contributed by atoms with Gasteiger partial charge in [-0.05, 0) is 24.5 Å². The summed E-state index contributed by atoms with van der Waals surface area (Å²) in [7, 11) is 1.57. The minimum Gasteiger partial charge on any atom is -0.497 e. The molecule has 1 atom stereocenters. The molecule has 0 spiro atoms. The fourth-order valence-corrected chi connectivity index (χ4v) is 2.05. The van der Waals surface area contributed by atoms with Gasteiger partial charge in [-0.1, -0.05) is 6.07 Å². The van der Waals surface area contributed by atoms with Crippen molar-refractivity contribution >= 4 is 11.9 Å². The molecule has 19 heavy (non-hydrogen) atoms. The number of hydrogen-bond donors (Lipinski definition) is 1. The molecular weight excluding hydrogens is 246 g/mol. The van der Waals surface area contributed by atoms with Crippen molar-refractivity contribution in [1.29, 1.82) is 0 Å². The Bertz CT molecular complexity index is 490. The van der Waals surface area contributed by atoms with Crippen molar-refractivity contribution in [2.45, 2.75) is 32.2 Å². The van der Waals surface area contributed by atoms with Crippen LogP contribution in [0.15, 0.2) is 18.2 Å². The summed E-state index contributed by atoms with van der Waals surface area (Å²) in [5.41, 5.74) is 0.942. The van der Waals surface area contributed by atoms with E-state index in [1.54, 1.807) is 13.2 Å². The number of nitrogens with one attached hydrogen (secondary N) is 1. The first-order valence-electron chi connectivity index (χ1n) is 6.23. The third kappa shape index (κ3) is 3.47. The van der Waals surface area contributed by atoms with Crippen molar-refractivity contribution in [1.82, 2.24) is 5.32 Å². The molecule has 2 rings (SSSR count). The zero-order chi connectivity index (χ0) is 13.8. The van der Waals surface area contributed by atoms with Crippen LogP contribution in [0.5, 0.6) is 11.5 Å². The lowest BCUT2D eigenvalue weighted by Crippen LogP contribution is -2.48. The third-order valence-corrected chi connectivity index (χ3v) is 3.09. The van der Waals surface area contributed by atoms with Crippen LogP contribution in [-0.4, -0.2) is 25.0 Å². The number of esters is 1. The largest absolute Gasteiger partial charge is 0.497 e. The van der Waals surface area contributed by atoms with Crippen molar-refractivity contribution in [3.05, 3.63) is 23.8 Å². The van der Waals surface area contributed by atoms with E-state index in [2.05, 4.69) is 5.32 Å². The fraction of sp³-hybridized carbons (Fsp3) is 0.429. The van der Waals surface area contributed by atoms with E-state index in [0.717, 1.165) is 18.4 Å². The summed E-state index contributed by atoms with van der Waals surface area (Å²) in [5, 5.41) is 2.82. The molecule has 1 aromatic rings. The topological polar surface area (TPSA) is 64.6 Å². The van der Waals surface area contributed by atoms with Gasteiger partial charge in [0, 0.05) is 25.5 Å². The summed E-state index contributed by atoms with van der Waals surface area (Å²) in [6, 6.07) is 5.66. The maximum Gasteiger partial charge on any atom is 0.308 e. The summed E-state index contributed by atoms with van der Waals surface area (Å²) in [6.45, 7) is 1.37. The Labute approximate surface area is 111 Å². The smallest absolute Gasteiger partial charge is 0.308 e. The van der Waals surface area contributed by atoms with Crippen molar-refractivity contribution in [3.63, 3.8) is 0 Å². The average Bonchev–Trinajstić information content (AvgIpc) is 2.33. The molecule has 1 unspecified atom stereocenters. The van der Waals surface area contributed by atoms with Crippen LogP contribution in [0.4, 0.5) is 0 Å². The number of methoxy groups -OCH3 is 1. The molecule has 1 fully saturated rings. The molecule has 1 N–H and O–H groups in total. The van der Waals surface area contributed by atoms with Crippen LogP contribution in [0.3, 0.4) is 0 Å². The maximum absolute atomic E-state index is 11.1. The van der Waals surface area contributed by atoms with Crippen LogP contribution in [0, 0.1) is 0 Å². The Morgan fingerprint density at radius 3 is 2.79 bits per heavy atom. The number of ether oxygens (including phenoxy) is 2. The molecule has 1 aliphatic rings. The predicted octanol–water partition coefficient (Wildman–Crippen LogP) is 1.44. The van der Waals surface area contributed by atoms with Crippen molar-refractivity contribution in [3.8, 4) is 11.5 Å². The molecular formula is C14H17NO4. The second kappa shape index (κ2) is 5.73. The molecule has 0 aromatic heterocycles. The van der Waals surface area contributed by atoms with Gasteiger partial charge in [0.15, 0.2) is 0 Å². The average molecular weight is 263 g/mol. The number of carbonyl (C=O) groups excluding carboxylic acids is 2. The van der Waals surface area contributed by atoms with Crippen molar-refractivity contribution in [2.75, 3.05) is 7.11 Å². The summed E-state index contributed by atoms with van der Waals surface area (Å²) >= 11 is 0. The van der Waals surface area contributed by atoms with E-state index in [4.69, 9.17) is 9.47 Å². The van der Waals surface area contributed by atoms with E-state index in [1.165, 1.54) is 6.92 Å². The quantitative estimate of drug-likeness (QED) is 0.496.